The van der Waals surface area contributed by atoms with Gasteiger partial charge in [0.05, 0.1) is 12.3 Å². The van der Waals surface area contributed by atoms with Crippen molar-refractivity contribution in [2.24, 2.45) is 0 Å². The van der Waals surface area contributed by atoms with Gasteiger partial charge in [-0.2, -0.15) is 0 Å². The number of carbonyl (C=O) groups is 2. The molecule has 1 aromatic carbocycles. The third-order valence-corrected chi connectivity index (χ3v) is 2.55. The molecule has 5 heteroatoms. The van der Waals surface area contributed by atoms with E-state index in [1.54, 1.807) is 20.0 Å². The van der Waals surface area contributed by atoms with Gasteiger partial charge in [0.2, 0.25) is 0 Å². The highest BCUT2D eigenvalue weighted by Gasteiger charge is 2.19. The van der Waals surface area contributed by atoms with Crippen molar-refractivity contribution in [1.82, 2.24) is 0 Å². The number of hydrogen-bond acceptors (Lipinski definition) is 4. The molecule has 0 aliphatic carbocycles. The Hall–Kier alpha value is -2.04. The SMILES string of the molecule is CCOC(=O)N(C)c1cc(C)cc(C)c1OC(C)=O. The van der Waals surface area contributed by atoms with Gasteiger partial charge in [-0.05, 0) is 38.0 Å². The standard InChI is InChI=1S/C14H19NO4/c1-6-18-14(17)15(5)12-8-9(2)7-10(3)13(12)19-11(4)16/h7-8H,6H2,1-5H3. The van der Waals surface area contributed by atoms with Crippen molar-refractivity contribution in [3.63, 3.8) is 0 Å². The number of rotatable bonds is 3. The van der Waals surface area contributed by atoms with Gasteiger partial charge in [-0.15, -0.1) is 0 Å². The Morgan fingerprint density at radius 2 is 1.89 bits per heavy atom. The quantitative estimate of drug-likeness (QED) is 0.623. The first-order valence-corrected chi connectivity index (χ1v) is 6.07. The van der Waals surface area contributed by atoms with Gasteiger partial charge in [-0.25, -0.2) is 4.79 Å². The second-order valence-corrected chi connectivity index (χ2v) is 4.28. The molecule has 0 aliphatic heterocycles. The number of aryl methyl sites for hydroxylation is 2. The Bertz CT molecular complexity index is 496. The van der Waals surface area contributed by atoms with Crippen molar-refractivity contribution in [2.75, 3.05) is 18.6 Å². The molecule has 0 saturated heterocycles. The van der Waals surface area contributed by atoms with E-state index < -0.39 is 12.1 Å². The first kappa shape index (κ1) is 15.0. The minimum absolute atomic E-state index is 0.289. The van der Waals surface area contributed by atoms with Gasteiger partial charge in [0.15, 0.2) is 5.75 Å². The summed E-state index contributed by atoms with van der Waals surface area (Å²) in [6, 6.07) is 3.67. The van der Waals surface area contributed by atoms with E-state index in [9.17, 15) is 9.59 Å². The zero-order chi connectivity index (χ0) is 14.6. The molecular weight excluding hydrogens is 246 g/mol. The second kappa shape index (κ2) is 6.22. The minimum atomic E-state index is -0.485. The van der Waals surface area contributed by atoms with Crippen LogP contribution in [0, 0.1) is 13.8 Å². The third-order valence-electron chi connectivity index (χ3n) is 2.55. The fraction of sp³-hybridized carbons (Fsp3) is 0.429. The smallest absolute Gasteiger partial charge is 0.414 e. The number of anilines is 1. The molecule has 104 valence electrons. The van der Waals surface area contributed by atoms with E-state index in [4.69, 9.17) is 9.47 Å². The van der Waals surface area contributed by atoms with E-state index in [0.717, 1.165) is 11.1 Å². The highest BCUT2D eigenvalue weighted by molar-refractivity contribution is 5.90. The fourth-order valence-corrected chi connectivity index (χ4v) is 1.78. The van der Waals surface area contributed by atoms with Crippen LogP contribution in [0.4, 0.5) is 10.5 Å². The van der Waals surface area contributed by atoms with Gasteiger partial charge in [0.25, 0.3) is 0 Å². The summed E-state index contributed by atoms with van der Waals surface area (Å²) in [4.78, 5) is 24.3. The lowest BCUT2D eigenvalue weighted by atomic mass is 10.1. The van der Waals surface area contributed by atoms with Crippen LogP contribution < -0.4 is 9.64 Å². The van der Waals surface area contributed by atoms with Gasteiger partial charge in [0.1, 0.15) is 0 Å². The lowest BCUT2D eigenvalue weighted by molar-refractivity contribution is -0.131. The van der Waals surface area contributed by atoms with Crippen LogP contribution in [0.2, 0.25) is 0 Å². The van der Waals surface area contributed by atoms with Crippen molar-refractivity contribution in [2.45, 2.75) is 27.7 Å². The van der Waals surface area contributed by atoms with Crippen molar-refractivity contribution < 1.29 is 19.1 Å². The summed E-state index contributed by atoms with van der Waals surface area (Å²) in [5, 5.41) is 0. The Kier molecular flexibility index (Phi) is 4.92. The summed E-state index contributed by atoms with van der Waals surface area (Å²) in [6.07, 6.45) is -0.485. The largest absolute Gasteiger partial charge is 0.449 e. The summed E-state index contributed by atoms with van der Waals surface area (Å²) >= 11 is 0. The van der Waals surface area contributed by atoms with Gasteiger partial charge in [0, 0.05) is 14.0 Å². The van der Waals surface area contributed by atoms with Gasteiger partial charge >= 0.3 is 12.1 Å². The molecule has 1 rings (SSSR count). The average molecular weight is 265 g/mol. The highest BCUT2D eigenvalue weighted by Crippen LogP contribution is 2.33. The van der Waals surface area contributed by atoms with E-state index in [-0.39, 0.29) is 6.61 Å². The Morgan fingerprint density at radius 3 is 2.42 bits per heavy atom. The molecular formula is C14H19NO4. The molecule has 0 aliphatic rings. The molecule has 0 aromatic heterocycles. The van der Waals surface area contributed by atoms with Crippen LogP contribution in [0.15, 0.2) is 12.1 Å². The van der Waals surface area contributed by atoms with Gasteiger partial charge in [-0.3, -0.25) is 9.69 Å². The molecule has 0 saturated carbocycles. The van der Waals surface area contributed by atoms with Gasteiger partial charge in [-0.1, -0.05) is 6.07 Å². The Labute approximate surface area is 113 Å². The van der Waals surface area contributed by atoms with Crippen LogP contribution in [0.25, 0.3) is 0 Å². The molecule has 1 amide bonds. The maximum Gasteiger partial charge on any atom is 0.414 e. The van der Waals surface area contributed by atoms with E-state index >= 15 is 0 Å². The normalized spacial score (nSPS) is 9.95. The number of benzene rings is 1. The Morgan fingerprint density at radius 1 is 1.26 bits per heavy atom. The zero-order valence-corrected chi connectivity index (χ0v) is 11.9. The average Bonchev–Trinajstić information content (AvgIpc) is 2.31. The van der Waals surface area contributed by atoms with E-state index in [0.29, 0.717) is 11.4 Å². The Balaban J connectivity index is 3.23. The van der Waals surface area contributed by atoms with Crippen LogP contribution >= 0.6 is 0 Å². The summed E-state index contributed by atoms with van der Waals surface area (Å²) < 4.78 is 10.1. The number of ether oxygens (including phenoxy) is 2. The number of carbonyl (C=O) groups excluding carboxylic acids is 2. The topological polar surface area (TPSA) is 55.8 Å². The number of esters is 1. The highest BCUT2D eigenvalue weighted by atomic mass is 16.6. The lowest BCUT2D eigenvalue weighted by Crippen LogP contribution is -2.28. The molecule has 5 nitrogen and oxygen atoms in total. The molecule has 19 heavy (non-hydrogen) atoms. The van der Waals surface area contributed by atoms with Crippen molar-refractivity contribution >= 4 is 17.7 Å². The van der Waals surface area contributed by atoms with Crippen molar-refractivity contribution in [3.05, 3.63) is 23.3 Å². The molecule has 0 radical (unpaired) electrons. The van der Waals surface area contributed by atoms with Crippen LogP contribution in [-0.2, 0) is 9.53 Å². The third kappa shape index (κ3) is 3.71. The zero-order valence-electron chi connectivity index (χ0n) is 11.9. The van der Waals surface area contributed by atoms with Crippen LogP contribution in [0.3, 0.4) is 0 Å². The summed E-state index contributed by atoms with van der Waals surface area (Å²) in [7, 11) is 1.58. The van der Waals surface area contributed by atoms with Crippen molar-refractivity contribution in [3.8, 4) is 5.75 Å². The summed E-state index contributed by atoms with van der Waals surface area (Å²) in [5.74, 6) is -0.0425. The molecule has 0 atom stereocenters. The minimum Gasteiger partial charge on any atom is -0.449 e. The lowest BCUT2D eigenvalue weighted by Gasteiger charge is -2.21. The predicted molar refractivity (Wildman–Crippen MR) is 72.7 cm³/mol. The second-order valence-electron chi connectivity index (χ2n) is 4.28. The summed E-state index contributed by atoms with van der Waals surface area (Å²) in [5.41, 5.74) is 2.28. The van der Waals surface area contributed by atoms with E-state index in [2.05, 4.69) is 0 Å². The van der Waals surface area contributed by atoms with Crippen LogP contribution in [0.5, 0.6) is 5.75 Å². The molecule has 0 fully saturated rings. The molecule has 0 bridgehead atoms. The molecule has 0 unspecified atom stereocenters. The number of hydrogen-bond donors (Lipinski definition) is 0. The van der Waals surface area contributed by atoms with E-state index in [1.165, 1.54) is 11.8 Å². The molecule has 0 spiro atoms. The molecule has 0 N–H and O–H groups in total. The molecule has 0 heterocycles. The first-order valence-electron chi connectivity index (χ1n) is 6.07. The maximum atomic E-state index is 11.8. The monoisotopic (exact) mass is 265 g/mol. The van der Waals surface area contributed by atoms with Crippen LogP contribution in [0.1, 0.15) is 25.0 Å². The first-order chi connectivity index (χ1) is 8.86. The predicted octanol–water partition coefficient (Wildman–Crippen LogP) is 2.82. The maximum absolute atomic E-state index is 11.8. The van der Waals surface area contributed by atoms with Gasteiger partial charge < -0.3 is 9.47 Å². The summed E-state index contributed by atoms with van der Waals surface area (Å²) in [6.45, 7) is 7.09. The number of nitrogens with zero attached hydrogens (tertiary/aromatic N) is 1. The van der Waals surface area contributed by atoms with E-state index in [1.807, 2.05) is 19.9 Å². The fourth-order valence-electron chi connectivity index (χ4n) is 1.78. The number of amides is 1. The van der Waals surface area contributed by atoms with Crippen molar-refractivity contribution in [1.29, 1.82) is 0 Å². The molecule has 1 aromatic rings. The van der Waals surface area contributed by atoms with Crippen LogP contribution in [-0.4, -0.2) is 25.7 Å².